The number of nitrogens with one attached hydrogen (secondary N) is 1. The number of likely N-dealkylation sites (tertiary alicyclic amines) is 1. The molecule has 3 aromatic rings. The zero-order valence-electron chi connectivity index (χ0n) is 22.5. The minimum Gasteiger partial charge on any atom is -0.493 e. The van der Waals surface area contributed by atoms with Gasteiger partial charge in [0.25, 0.3) is 5.91 Å². The van der Waals surface area contributed by atoms with Crippen LogP contribution in [0.5, 0.6) is 11.5 Å². The molecule has 3 heterocycles. The van der Waals surface area contributed by atoms with Crippen LogP contribution < -0.4 is 14.8 Å². The van der Waals surface area contributed by atoms with Crippen LogP contribution in [0.1, 0.15) is 53.0 Å². The van der Waals surface area contributed by atoms with Gasteiger partial charge in [-0.2, -0.15) is 5.10 Å². The van der Waals surface area contributed by atoms with Crippen molar-refractivity contribution < 1.29 is 14.3 Å². The molecule has 1 atom stereocenters. The Balaban J connectivity index is 1.22. The summed E-state index contributed by atoms with van der Waals surface area (Å²) in [6, 6.07) is 18.5. The molecule has 2 aromatic carbocycles. The fraction of sp³-hybridized carbons (Fsp3) is 0.312. The van der Waals surface area contributed by atoms with Gasteiger partial charge in [0.15, 0.2) is 17.2 Å². The maximum atomic E-state index is 13.7. The summed E-state index contributed by atoms with van der Waals surface area (Å²) in [6.45, 7) is 1.39. The number of rotatable bonds is 7. The molecule has 1 saturated carbocycles. The number of ether oxygens (including phenoxy) is 2. The Hall–Kier alpha value is -4.26. The number of aromatic nitrogens is 2. The highest BCUT2D eigenvalue weighted by Gasteiger charge is 2.31. The summed E-state index contributed by atoms with van der Waals surface area (Å²) in [6.07, 6.45) is 11.2. The molecule has 7 nitrogen and oxygen atoms in total. The summed E-state index contributed by atoms with van der Waals surface area (Å²) >= 11 is 0. The van der Waals surface area contributed by atoms with Gasteiger partial charge in [-0.3, -0.25) is 4.79 Å². The van der Waals surface area contributed by atoms with Gasteiger partial charge >= 0.3 is 0 Å². The zero-order valence-corrected chi connectivity index (χ0v) is 22.5. The van der Waals surface area contributed by atoms with Crippen molar-refractivity contribution in [2.45, 2.75) is 38.1 Å². The van der Waals surface area contributed by atoms with Crippen molar-refractivity contribution in [2.75, 3.05) is 27.3 Å². The highest BCUT2D eigenvalue weighted by atomic mass is 16.5. The standard InChI is InChI=1S/C32H34N4O3/c1-38-29-16-15-24(19-30(29)39-2)28-12-8-4-7-11-26-20-27(34-36(26)28)32(37)35-18-17-25(21-35)33-31(23-13-14-23)22-9-5-3-6-10-22/h3-6,8-10,12,15-16,19-20,25,33H,7,11,13-14,17-18,21H2,1-2H3/b8-4-,28-12-/t25-/m1/s1. The van der Waals surface area contributed by atoms with Crippen LogP contribution in [0.3, 0.4) is 0 Å². The molecule has 1 amide bonds. The fourth-order valence-electron chi connectivity index (χ4n) is 5.42. The summed E-state index contributed by atoms with van der Waals surface area (Å²) in [7, 11) is 3.26. The highest BCUT2D eigenvalue weighted by molar-refractivity contribution is 5.93. The van der Waals surface area contributed by atoms with Gasteiger partial charge in [-0.15, -0.1) is 0 Å². The molecule has 39 heavy (non-hydrogen) atoms. The normalized spacial score (nSPS) is 20.3. The molecule has 6 rings (SSSR count). The van der Waals surface area contributed by atoms with Crippen LogP contribution in [0.2, 0.25) is 0 Å². The van der Waals surface area contributed by atoms with E-state index in [-0.39, 0.29) is 11.9 Å². The molecule has 200 valence electrons. The lowest BCUT2D eigenvalue weighted by atomic mass is 10.1. The van der Waals surface area contributed by atoms with E-state index in [1.165, 1.54) is 16.8 Å². The van der Waals surface area contributed by atoms with E-state index in [2.05, 4.69) is 35.7 Å². The first-order valence-corrected chi connectivity index (χ1v) is 13.7. The molecule has 1 saturated heterocycles. The summed E-state index contributed by atoms with van der Waals surface area (Å²) in [5, 5.41) is 8.61. The van der Waals surface area contributed by atoms with Crippen molar-refractivity contribution in [3.8, 4) is 11.5 Å². The van der Waals surface area contributed by atoms with Crippen LogP contribution in [0.4, 0.5) is 0 Å². The van der Waals surface area contributed by atoms with Gasteiger partial charge in [0.2, 0.25) is 0 Å². The average molecular weight is 523 g/mol. The smallest absolute Gasteiger partial charge is 0.274 e. The number of carbonyl (C=O) groups is 1. The first kappa shape index (κ1) is 25.0. The minimum atomic E-state index is -0.0153. The molecular weight excluding hydrogens is 488 g/mol. The maximum absolute atomic E-state index is 13.7. The van der Waals surface area contributed by atoms with Gasteiger partial charge in [0.1, 0.15) is 0 Å². The van der Waals surface area contributed by atoms with E-state index in [9.17, 15) is 4.79 Å². The lowest BCUT2D eigenvalue weighted by molar-refractivity contribution is 0.0784. The Morgan fingerprint density at radius 2 is 1.82 bits per heavy atom. The van der Waals surface area contributed by atoms with E-state index < -0.39 is 0 Å². The quantitative estimate of drug-likeness (QED) is 0.456. The van der Waals surface area contributed by atoms with Crippen LogP contribution in [0.25, 0.3) is 11.4 Å². The summed E-state index contributed by atoms with van der Waals surface area (Å²) in [5.74, 6) is 1.31. The van der Waals surface area contributed by atoms with Gasteiger partial charge in [-0.25, -0.2) is 4.68 Å². The number of hydrogen-bond donors (Lipinski definition) is 1. The molecule has 2 fully saturated rings. The first-order valence-electron chi connectivity index (χ1n) is 13.7. The Labute approximate surface area is 229 Å². The Morgan fingerprint density at radius 3 is 2.59 bits per heavy atom. The van der Waals surface area contributed by atoms with Crippen molar-refractivity contribution in [1.82, 2.24) is 20.0 Å². The molecule has 7 heteroatoms. The van der Waals surface area contributed by atoms with Crippen LogP contribution in [-0.4, -0.2) is 53.9 Å². The van der Waals surface area contributed by atoms with Crippen molar-refractivity contribution >= 4 is 17.3 Å². The molecule has 0 unspecified atom stereocenters. The molecule has 0 spiro atoms. The zero-order chi connectivity index (χ0) is 26.8. The van der Waals surface area contributed by atoms with Crippen molar-refractivity contribution in [1.29, 1.82) is 0 Å². The van der Waals surface area contributed by atoms with Gasteiger partial charge in [-0.05, 0) is 73.6 Å². The number of methoxy groups -OCH3 is 2. The summed E-state index contributed by atoms with van der Waals surface area (Å²) in [5.41, 5.74) is 7.29. The number of amides is 1. The van der Waals surface area contributed by atoms with Crippen LogP contribution in [0.15, 0.2) is 78.4 Å². The Morgan fingerprint density at radius 1 is 1.00 bits per heavy atom. The van der Waals surface area contributed by atoms with E-state index in [1.54, 1.807) is 14.2 Å². The molecular formula is C32H34N4O3. The number of allylic oxidation sites excluding steroid dienone is 4. The first-order chi connectivity index (χ1) is 19.1. The predicted molar refractivity (Wildman–Crippen MR) is 153 cm³/mol. The SMILES string of the molecule is COc1ccc(/C2=C/C=C\CCc3cc(C(=O)N4CC[C@@H](NC(=C5CC5)c5ccccc5)C4)nn32)cc1OC. The molecule has 2 aliphatic heterocycles. The molecule has 0 radical (unpaired) electrons. The summed E-state index contributed by atoms with van der Waals surface area (Å²) in [4.78, 5) is 15.6. The number of hydrogen-bond acceptors (Lipinski definition) is 5. The number of fused-ring (bicyclic) bond motifs is 1. The predicted octanol–water partition coefficient (Wildman–Crippen LogP) is 5.30. The maximum Gasteiger partial charge on any atom is 0.274 e. The molecule has 1 aromatic heterocycles. The third-order valence-electron chi connectivity index (χ3n) is 7.61. The second kappa shape index (κ2) is 10.8. The largest absolute Gasteiger partial charge is 0.493 e. The van der Waals surface area contributed by atoms with E-state index in [0.29, 0.717) is 23.7 Å². The highest BCUT2D eigenvalue weighted by Crippen LogP contribution is 2.36. The fourth-order valence-corrected chi connectivity index (χ4v) is 5.42. The van der Waals surface area contributed by atoms with Crippen LogP contribution in [-0.2, 0) is 6.42 Å². The third-order valence-corrected chi connectivity index (χ3v) is 7.61. The van der Waals surface area contributed by atoms with E-state index >= 15 is 0 Å². The van der Waals surface area contributed by atoms with Crippen molar-refractivity contribution in [2.24, 2.45) is 0 Å². The van der Waals surface area contributed by atoms with Gasteiger partial charge in [0, 0.05) is 36.1 Å². The number of carbonyl (C=O) groups excluding carboxylic acids is 1. The van der Waals surface area contributed by atoms with Gasteiger partial charge in [0.05, 0.1) is 19.9 Å². The lowest BCUT2D eigenvalue weighted by Gasteiger charge is -2.19. The average Bonchev–Trinajstić information content (AvgIpc) is 3.56. The van der Waals surface area contributed by atoms with E-state index in [4.69, 9.17) is 14.6 Å². The van der Waals surface area contributed by atoms with Gasteiger partial charge in [-0.1, -0.05) is 42.5 Å². The molecule has 1 aliphatic carbocycles. The van der Waals surface area contributed by atoms with Crippen molar-refractivity contribution in [3.05, 3.63) is 101 Å². The number of aryl methyl sites for hydroxylation is 1. The lowest BCUT2D eigenvalue weighted by Crippen LogP contribution is -2.34. The molecule has 1 N–H and O–H groups in total. The topological polar surface area (TPSA) is 68.6 Å². The Bertz CT molecular complexity index is 1460. The van der Waals surface area contributed by atoms with Crippen LogP contribution in [0, 0.1) is 0 Å². The molecule has 0 bridgehead atoms. The van der Waals surface area contributed by atoms with Crippen molar-refractivity contribution in [3.63, 3.8) is 0 Å². The molecule has 3 aliphatic rings. The van der Waals surface area contributed by atoms with E-state index in [0.717, 1.165) is 55.6 Å². The second-order valence-corrected chi connectivity index (χ2v) is 10.2. The monoisotopic (exact) mass is 522 g/mol. The Kier molecular flexibility index (Phi) is 6.97. The minimum absolute atomic E-state index is 0.0153. The third kappa shape index (κ3) is 5.21. The van der Waals surface area contributed by atoms with Crippen LogP contribution >= 0.6 is 0 Å². The number of nitrogens with zero attached hydrogens (tertiary/aromatic N) is 3. The number of benzene rings is 2. The summed E-state index contributed by atoms with van der Waals surface area (Å²) < 4.78 is 12.9. The van der Waals surface area contributed by atoms with Gasteiger partial charge < -0.3 is 19.7 Å². The van der Waals surface area contributed by atoms with E-state index in [1.807, 2.05) is 52.1 Å². The second-order valence-electron chi connectivity index (χ2n) is 10.2.